The molecule has 1 heterocycles. The summed E-state index contributed by atoms with van der Waals surface area (Å²) in [5.74, 6) is -0.803. The highest BCUT2D eigenvalue weighted by molar-refractivity contribution is 7.98. The number of nitrogens with one attached hydrogen (secondary N) is 2. The van der Waals surface area contributed by atoms with E-state index < -0.39 is 17.9 Å². The summed E-state index contributed by atoms with van der Waals surface area (Å²) in [5.41, 5.74) is 7.44. The number of carboxylic acid groups (broad SMARTS) is 1. The Morgan fingerprint density at radius 3 is 2.23 bits per heavy atom. The molecule has 0 unspecified atom stereocenters. The first-order valence-electron chi connectivity index (χ1n) is 14.1. The summed E-state index contributed by atoms with van der Waals surface area (Å²) in [6, 6.07) is 33.1. The van der Waals surface area contributed by atoms with E-state index in [9.17, 15) is 14.7 Å². The number of hydrogen-bond acceptors (Lipinski definition) is 5. The average Bonchev–Trinajstić information content (AvgIpc) is 3.49. The minimum Gasteiger partial charge on any atom is -0.480 e. The molecule has 0 spiro atoms. The van der Waals surface area contributed by atoms with E-state index in [2.05, 4.69) is 56.6 Å². The maximum Gasteiger partial charge on any atom is 0.326 e. The molecule has 5 aromatic rings. The van der Waals surface area contributed by atoms with Crippen LogP contribution in [-0.2, 0) is 17.9 Å². The number of carbonyl (C=O) groups is 2. The summed E-state index contributed by atoms with van der Waals surface area (Å²) in [7, 11) is 0. The number of nitrogens with zero attached hydrogens (tertiary/aromatic N) is 2. The minimum absolute atomic E-state index is 0.355. The highest BCUT2D eigenvalue weighted by Crippen LogP contribution is 2.28. The van der Waals surface area contributed by atoms with Crippen molar-refractivity contribution in [1.29, 1.82) is 0 Å². The van der Waals surface area contributed by atoms with E-state index in [1.54, 1.807) is 17.8 Å². The van der Waals surface area contributed by atoms with Crippen molar-refractivity contribution in [3.8, 4) is 22.3 Å². The molecule has 0 saturated carbocycles. The smallest absolute Gasteiger partial charge is 0.326 e. The molecule has 3 N–H and O–H groups in total. The van der Waals surface area contributed by atoms with Crippen LogP contribution < -0.4 is 10.6 Å². The fourth-order valence-corrected chi connectivity index (χ4v) is 5.37. The largest absolute Gasteiger partial charge is 0.480 e. The monoisotopic (exact) mass is 590 g/mol. The molecule has 0 fully saturated rings. The van der Waals surface area contributed by atoms with Crippen LogP contribution in [0, 0.1) is 0 Å². The molecule has 43 heavy (non-hydrogen) atoms. The van der Waals surface area contributed by atoms with Gasteiger partial charge in [-0.3, -0.25) is 4.79 Å². The molecule has 0 aliphatic rings. The molecule has 5 rings (SSSR count). The first-order chi connectivity index (χ1) is 21.0. The summed E-state index contributed by atoms with van der Waals surface area (Å²) in [6.07, 6.45) is 5.95. The molecule has 4 aromatic carbocycles. The van der Waals surface area contributed by atoms with Crippen LogP contribution in [0.4, 0.5) is 5.69 Å². The lowest BCUT2D eigenvalue weighted by Crippen LogP contribution is -2.41. The number of aliphatic carboxylic acids is 1. The molecule has 0 aliphatic heterocycles. The van der Waals surface area contributed by atoms with Crippen molar-refractivity contribution >= 4 is 29.3 Å². The summed E-state index contributed by atoms with van der Waals surface area (Å²) in [5, 5.41) is 15.8. The number of hydrogen-bond donors (Lipinski definition) is 3. The van der Waals surface area contributed by atoms with E-state index >= 15 is 0 Å². The third-order valence-corrected chi connectivity index (χ3v) is 7.89. The molecule has 1 amide bonds. The number of carbonyl (C=O) groups excluding carboxylic acids is 1. The minimum atomic E-state index is -1.04. The molecule has 1 atom stereocenters. The van der Waals surface area contributed by atoms with Gasteiger partial charge >= 0.3 is 5.97 Å². The molecule has 8 heteroatoms. The van der Waals surface area contributed by atoms with Crippen LogP contribution in [0.25, 0.3) is 22.3 Å². The average molecular weight is 591 g/mol. The molecule has 0 bridgehead atoms. The number of amides is 1. The number of aromatic nitrogens is 2. The van der Waals surface area contributed by atoms with Gasteiger partial charge in [-0.15, -0.1) is 0 Å². The van der Waals surface area contributed by atoms with E-state index in [1.807, 2.05) is 79.4 Å². The molecule has 0 saturated heterocycles. The van der Waals surface area contributed by atoms with Crippen molar-refractivity contribution in [2.24, 2.45) is 0 Å². The van der Waals surface area contributed by atoms with Gasteiger partial charge in [0.05, 0.1) is 18.6 Å². The lowest BCUT2D eigenvalue weighted by molar-refractivity contribution is -0.139. The highest BCUT2D eigenvalue weighted by Gasteiger charge is 2.22. The Balaban J connectivity index is 1.30. The zero-order valence-electron chi connectivity index (χ0n) is 23.9. The lowest BCUT2D eigenvalue weighted by Gasteiger charge is -2.17. The predicted molar refractivity (Wildman–Crippen MR) is 174 cm³/mol. The summed E-state index contributed by atoms with van der Waals surface area (Å²) in [4.78, 5) is 29.4. The third kappa shape index (κ3) is 7.72. The topological polar surface area (TPSA) is 96.3 Å². The number of imidazole rings is 1. The Kier molecular flexibility index (Phi) is 9.92. The van der Waals surface area contributed by atoms with Crippen molar-refractivity contribution < 1.29 is 14.7 Å². The van der Waals surface area contributed by atoms with E-state index in [1.165, 1.54) is 16.7 Å². The van der Waals surface area contributed by atoms with Crippen LogP contribution in [0.3, 0.4) is 0 Å². The van der Waals surface area contributed by atoms with Gasteiger partial charge in [0.1, 0.15) is 6.04 Å². The maximum atomic E-state index is 13.3. The van der Waals surface area contributed by atoms with Gasteiger partial charge in [0.25, 0.3) is 5.91 Å². The Morgan fingerprint density at radius 2 is 1.56 bits per heavy atom. The van der Waals surface area contributed by atoms with Gasteiger partial charge in [-0.05, 0) is 64.4 Å². The fraction of sp³-hybridized carbons (Fsp3) is 0.171. The normalized spacial score (nSPS) is 11.6. The molecule has 7 nitrogen and oxygen atoms in total. The predicted octanol–water partition coefficient (Wildman–Crippen LogP) is 6.81. The second-order valence-corrected chi connectivity index (χ2v) is 11.2. The Morgan fingerprint density at radius 1 is 0.884 bits per heavy atom. The fourth-order valence-electron chi connectivity index (χ4n) is 4.90. The van der Waals surface area contributed by atoms with Crippen molar-refractivity contribution in [3.63, 3.8) is 0 Å². The molecular weight excluding hydrogens is 556 g/mol. The van der Waals surface area contributed by atoms with Crippen LogP contribution in [0.5, 0.6) is 0 Å². The van der Waals surface area contributed by atoms with Gasteiger partial charge < -0.3 is 20.3 Å². The number of thioether (sulfide) groups is 1. The standard InChI is InChI=1S/C35H34N4O3S/c1-43-19-18-33(35(41)42)38-34(40)31-17-16-29(20-32(31)28-10-6-3-7-11-28)37-22-30-21-36-24-39(30)23-25-12-14-27(15-13-25)26-8-4-2-5-9-26/h2-17,20-21,24,33,37H,18-19,22-23H2,1H3,(H,38,40)(H,41,42)/t33-/m0/s1. The van der Waals surface area contributed by atoms with Gasteiger partial charge in [0, 0.05) is 24.0 Å². The third-order valence-electron chi connectivity index (χ3n) is 7.25. The second-order valence-electron chi connectivity index (χ2n) is 10.2. The summed E-state index contributed by atoms with van der Waals surface area (Å²) < 4.78 is 2.12. The Hall–Kier alpha value is -4.82. The van der Waals surface area contributed by atoms with Crippen LogP contribution in [0.1, 0.15) is 28.0 Å². The number of benzene rings is 4. The number of carboxylic acids is 1. The van der Waals surface area contributed by atoms with Gasteiger partial charge in [0.15, 0.2) is 0 Å². The zero-order valence-corrected chi connectivity index (χ0v) is 24.8. The van der Waals surface area contributed by atoms with Crippen molar-refractivity contribution in [2.45, 2.75) is 25.6 Å². The lowest BCUT2D eigenvalue weighted by atomic mass is 9.98. The van der Waals surface area contributed by atoms with Crippen molar-refractivity contribution in [2.75, 3.05) is 17.3 Å². The molecular formula is C35H34N4O3S. The van der Waals surface area contributed by atoms with Gasteiger partial charge in [-0.2, -0.15) is 11.8 Å². The molecule has 1 aromatic heterocycles. The van der Waals surface area contributed by atoms with E-state index in [-0.39, 0.29) is 0 Å². The Labute approximate surface area is 256 Å². The summed E-state index contributed by atoms with van der Waals surface area (Å²) in [6.45, 7) is 1.24. The van der Waals surface area contributed by atoms with Crippen LogP contribution >= 0.6 is 11.8 Å². The zero-order chi connectivity index (χ0) is 30.0. The van der Waals surface area contributed by atoms with E-state index in [4.69, 9.17) is 0 Å². The van der Waals surface area contributed by atoms with Gasteiger partial charge in [0.2, 0.25) is 0 Å². The maximum absolute atomic E-state index is 13.3. The summed E-state index contributed by atoms with van der Waals surface area (Å²) >= 11 is 1.55. The van der Waals surface area contributed by atoms with Crippen LogP contribution in [0.15, 0.2) is 116 Å². The molecule has 218 valence electrons. The number of rotatable bonds is 13. The molecule has 0 radical (unpaired) electrons. The Bertz CT molecular complexity index is 1650. The SMILES string of the molecule is CSCC[C@H](NC(=O)c1ccc(NCc2cncn2Cc2ccc(-c3ccccc3)cc2)cc1-c1ccccc1)C(=O)O. The quantitative estimate of drug-likeness (QED) is 0.139. The van der Waals surface area contributed by atoms with E-state index in [0.29, 0.717) is 30.8 Å². The van der Waals surface area contributed by atoms with Crippen LogP contribution in [0.2, 0.25) is 0 Å². The number of anilines is 1. The highest BCUT2D eigenvalue weighted by atomic mass is 32.2. The van der Waals surface area contributed by atoms with Gasteiger partial charge in [-0.25, -0.2) is 9.78 Å². The van der Waals surface area contributed by atoms with Gasteiger partial charge in [-0.1, -0.05) is 84.9 Å². The first kappa shape index (κ1) is 29.7. The second kappa shape index (κ2) is 14.4. The van der Waals surface area contributed by atoms with Crippen molar-refractivity contribution in [1.82, 2.24) is 14.9 Å². The van der Waals surface area contributed by atoms with E-state index in [0.717, 1.165) is 22.5 Å². The van der Waals surface area contributed by atoms with Crippen molar-refractivity contribution in [3.05, 3.63) is 132 Å². The first-order valence-corrected chi connectivity index (χ1v) is 15.5. The van der Waals surface area contributed by atoms with Crippen LogP contribution in [-0.4, -0.2) is 44.6 Å². The molecule has 0 aliphatic carbocycles.